The molecule has 3 fully saturated rings. The van der Waals surface area contributed by atoms with E-state index in [2.05, 4.69) is 12.7 Å². The molecule has 106 valence electrons. The first-order chi connectivity index (χ1) is 9.15. The lowest BCUT2D eigenvalue weighted by atomic mass is 9.89. The standard InChI is InChI=1S/C17H26O2/c1-11-8-13-10-17(19)14(15(13)9-11)6-7-16(18)12-4-2-3-5-12/h6-7,12-19H,1-5,8-10H2/t13-,14+,15+,16+,17+/m0/s1. The lowest BCUT2D eigenvalue weighted by Gasteiger charge is -2.19. The first-order valence-corrected chi connectivity index (χ1v) is 7.86. The van der Waals surface area contributed by atoms with Gasteiger partial charge in [0.2, 0.25) is 0 Å². The average molecular weight is 262 g/mol. The second-order valence-corrected chi connectivity index (χ2v) is 6.88. The van der Waals surface area contributed by atoms with Gasteiger partial charge in [-0.3, -0.25) is 0 Å². The van der Waals surface area contributed by atoms with Crippen molar-refractivity contribution >= 4 is 0 Å². The van der Waals surface area contributed by atoms with Crippen LogP contribution in [0.2, 0.25) is 0 Å². The predicted molar refractivity (Wildman–Crippen MR) is 76.6 cm³/mol. The molecular formula is C17H26O2. The smallest absolute Gasteiger partial charge is 0.0749 e. The number of hydrogen-bond acceptors (Lipinski definition) is 2. The van der Waals surface area contributed by atoms with Gasteiger partial charge in [0.25, 0.3) is 0 Å². The Labute approximate surface area is 116 Å². The van der Waals surface area contributed by atoms with Crippen molar-refractivity contribution in [3.8, 4) is 0 Å². The second kappa shape index (κ2) is 5.41. The highest BCUT2D eigenvalue weighted by Crippen LogP contribution is 2.50. The van der Waals surface area contributed by atoms with Gasteiger partial charge in [0.1, 0.15) is 0 Å². The van der Waals surface area contributed by atoms with Crippen LogP contribution in [0.1, 0.15) is 44.9 Å². The molecule has 0 amide bonds. The SMILES string of the molecule is C=C1C[C@H]2C[C@@H](O)[C@H](C=C[C@@H](O)C3CCCC3)[C@@H]2C1. The zero-order chi connectivity index (χ0) is 13.4. The largest absolute Gasteiger partial charge is 0.392 e. The van der Waals surface area contributed by atoms with Crippen molar-refractivity contribution in [2.24, 2.45) is 23.7 Å². The van der Waals surface area contributed by atoms with Gasteiger partial charge in [-0.05, 0) is 49.9 Å². The van der Waals surface area contributed by atoms with E-state index in [1.54, 1.807) is 0 Å². The summed E-state index contributed by atoms with van der Waals surface area (Å²) in [6.07, 6.45) is 11.4. The van der Waals surface area contributed by atoms with Gasteiger partial charge in [0, 0.05) is 5.92 Å². The molecule has 3 aliphatic carbocycles. The van der Waals surface area contributed by atoms with Crippen molar-refractivity contribution in [3.05, 3.63) is 24.3 Å². The Morgan fingerprint density at radius 1 is 1.21 bits per heavy atom. The van der Waals surface area contributed by atoms with E-state index in [1.165, 1.54) is 18.4 Å². The summed E-state index contributed by atoms with van der Waals surface area (Å²) in [6.45, 7) is 4.10. The lowest BCUT2D eigenvalue weighted by molar-refractivity contribution is 0.135. The van der Waals surface area contributed by atoms with Crippen LogP contribution in [0, 0.1) is 23.7 Å². The maximum atomic E-state index is 10.2. The lowest BCUT2D eigenvalue weighted by Crippen LogP contribution is -2.19. The molecule has 2 heteroatoms. The maximum Gasteiger partial charge on any atom is 0.0749 e. The summed E-state index contributed by atoms with van der Waals surface area (Å²) in [5, 5.41) is 20.4. The summed E-state index contributed by atoms with van der Waals surface area (Å²) in [6, 6.07) is 0. The van der Waals surface area contributed by atoms with E-state index in [0.717, 1.165) is 32.1 Å². The fourth-order valence-corrected chi connectivity index (χ4v) is 4.54. The minimum absolute atomic E-state index is 0.213. The van der Waals surface area contributed by atoms with Gasteiger partial charge < -0.3 is 10.2 Å². The second-order valence-electron chi connectivity index (χ2n) is 6.88. The molecule has 0 unspecified atom stereocenters. The van der Waals surface area contributed by atoms with Crippen molar-refractivity contribution in [2.75, 3.05) is 0 Å². The normalized spacial score (nSPS) is 41.3. The Bertz CT molecular complexity index is 367. The molecule has 0 aromatic carbocycles. The Morgan fingerprint density at radius 2 is 1.95 bits per heavy atom. The Hall–Kier alpha value is -0.600. The Morgan fingerprint density at radius 3 is 2.68 bits per heavy atom. The third-order valence-electron chi connectivity index (χ3n) is 5.58. The molecule has 3 rings (SSSR count). The molecule has 0 aliphatic heterocycles. The third kappa shape index (κ3) is 2.66. The van der Waals surface area contributed by atoms with Gasteiger partial charge in [0.15, 0.2) is 0 Å². The number of fused-ring (bicyclic) bond motifs is 1. The Kier molecular flexibility index (Phi) is 3.81. The van der Waals surface area contributed by atoms with Crippen LogP contribution in [0.5, 0.6) is 0 Å². The molecule has 0 aromatic heterocycles. The van der Waals surface area contributed by atoms with E-state index in [9.17, 15) is 10.2 Å². The average Bonchev–Trinajstić information content (AvgIpc) is 3.03. The fourth-order valence-electron chi connectivity index (χ4n) is 4.54. The van der Waals surface area contributed by atoms with Gasteiger partial charge >= 0.3 is 0 Å². The van der Waals surface area contributed by atoms with Crippen molar-refractivity contribution in [1.29, 1.82) is 0 Å². The van der Waals surface area contributed by atoms with E-state index in [0.29, 0.717) is 17.8 Å². The quantitative estimate of drug-likeness (QED) is 0.767. The minimum Gasteiger partial charge on any atom is -0.392 e. The van der Waals surface area contributed by atoms with E-state index >= 15 is 0 Å². The fraction of sp³-hybridized carbons (Fsp3) is 0.765. The number of aliphatic hydroxyl groups is 2. The van der Waals surface area contributed by atoms with Gasteiger partial charge in [-0.2, -0.15) is 0 Å². The summed E-state index contributed by atoms with van der Waals surface area (Å²) >= 11 is 0. The Balaban J connectivity index is 1.63. The maximum absolute atomic E-state index is 10.2. The van der Waals surface area contributed by atoms with Gasteiger partial charge in [-0.1, -0.05) is 37.1 Å². The van der Waals surface area contributed by atoms with Crippen molar-refractivity contribution in [3.63, 3.8) is 0 Å². The number of aliphatic hydroxyl groups excluding tert-OH is 2. The van der Waals surface area contributed by atoms with Crippen LogP contribution in [-0.4, -0.2) is 22.4 Å². The van der Waals surface area contributed by atoms with Crippen LogP contribution in [0.15, 0.2) is 24.3 Å². The number of rotatable bonds is 3. The monoisotopic (exact) mass is 262 g/mol. The summed E-state index contributed by atoms with van der Waals surface area (Å²) in [5.74, 6) is 1.87. The molecule has 0 saturated heterocycles. The van der Waals surface area contributed by atoms with Crippen LogP contribution < -0.4 is 0 Å². The molecular weight excluding hydrogens is 236 g/mol. The van der Waals surface area contributed by atoms with Crippen molar-refractivity contribution in [2.45, 2.75) is 57.2 Å². The van der Waals surface area contributed by atoms with E-state index in [4.69, 9.17) is 0 Å². The third-order valence-corrected chi connectivity index (χ3v) is 5.58. The van der Waals surface area contributed by atoms with Gasteiger partial charge in [-0.15, -0.1) is 0 Å². The first kappa shape index (κ1) is 13.4. The molecule has 3 saturated carbocycles. The molecule has 0 heterocycles. The summed E-state index contributed by atoms with van der Waals surface area (Å²) in [7, 11) is 0. The molecule has 2 N–H and O–H groups in total. The zero-order valence-electron chi connectivity index (χ0n) is 11.7. The highest BCUT2D eigenvalue weighted by molar-refractivity contribution is 5.15. The zero-order valence-corrected chi connectivity index (χ0v) is 11.7. The van der Waals surface area contributed by atoms with Crippen LogP contribution in [0.3, 0.4) is 0 Å². The highest BCUT2D eigenvalue weighted by atomic mass is 16.3. The first-order valence-electron chi connectivity index (χ1n) is 7.86. The van der Waals surface area contributed by atoms with E-state index in [-0.39, 0.29) is 18.1 Å². The predicted octanol–water partition coefficient (Wildman–Crippen LogP) is 3.06. The molecule has 3 aliphatic rings. The topological polar surface area (TPSA) is 40.5 Å². The van der Waals surface area contributed by atoms with E-state index in [1.807, 2.05) is 6.08 Å². The molecule has 5 atom stereocenters. The number of allylic oxidation sites excluding steroid dienone is 1. The van der Waals surface area contributed by atoms with E-state index < -0.39 is 0 Å². The summed E-state index contributed by atoms with van der Waals surface area (Å²) < 4.78 is 0. The molecule has 0 radical (unpaired) electrons. The summed E-state index contributed by atoms with van der Waals surface area (Å²) in [5.41, 5.74) is 1.34. The molecule has 19 heavy (non-hydrogen) atoms. The van der Waals surface area contributed by atoms with Crippen LogP contribution in [0.4, 0.5) is 0 Å². The van der Waals surface area contributed by atoms with Gasteiger partial charge in [0.05, 0.1) is 12.2 Å². The van der Waals surface area contributed by atoms with Crippen LogP contribution in [-0.2, 0) is 0 Å². The van der Waals surface area contributed by atoms with Gasteiger partial charge in [-0.25, -0.2) is 0 Å². The molecule has 0 spiro atoms. The van der Waals surface area contributed by atoms with Crippen molar-refractivity contribution in [1.82, 2.24) is 0 Å². The van der Waals surface area contributed by atoms with Crippen molar-refractivity contribution < 1.29 is 10.2 Å². The van der Waals surface area contributed by atoms with Crippen LogP contribution in [0.25, 0.3) is 0 Å². The number of hydrogen-bond donors (Lipinski definition) is 2. The molecule has 0 aromatic rings. The minimum atomic E-state index is -0.307. The van der Waals surface area contributed by atoms with Crippen LogP contribution >= 0.6 is 0 Å². The molecule has 2 nitrogen and oxygen atoms in total. The molecule has 0 bridgehead atoms. The highest BCUT2D eigenvalue weighted by Gasteiger charge is 2.44. The summed E-state index contributed by atoms with van der Waals surface area (Å²) in [4.78, 5) is 0.